The van der Waals surface area contributed by atoms with E-state index in [2.05, 4.69) is 15.5 Å². The van der Waals surface area contributed by atoms with Gasteiger partial charge in [0, 0.05) is 19.5 Å². The van der Waals surface area contributed by atoms with Gasteiger partial charge in [0.05, 0.1) is 5.92 Å². The Kier molecular flexibility index (Phi) is 9.62. The molecule has 4 N–H and O–H groups in total. The maximum absolute atomic E-state index is 12.4. The lowest BCUT2D eigenvalue weighted by atomic mass is 9.97. The predicted octanol–water partition coefficient (Wildman–Crippen LogP) is 0.877. The zero-order valence-electron chi connectivity index (χ0n) is 16.7. The van der Waals surface area contributed by atoms with Gasteiger partial charge in [-0.3, -0.25) is 14.4 Å². The first-order chi connectivity index (χ1) is 12.2. The Morgan fingerprint density at radius 3 is 2.46 bits per heavy atom. The smallest absolute Gasteiger partial charge is 0.242 e. The van der Waals surface area contributed by atoms with Crippen LogP contribution in [0.15, 0.2) is 0 Å². The summed E-state index contributed by atoms with van der Waals surface area (Å²) in [6.07, 6.45) is 3.08. The molecule has 7 nitrogen and oxygen atoms in total. The molecule has 0 aromatic rings. The Labute approximate surface area is 157 Å². The molecule has 1 aliphatic heterocycles. The molecule has 0 aliphatic carbocycles. The van der Waals surface area contributed by atoms with Crippen molar-refractivity contribution in [3.05, 3.63) is 0 Å². The van der Waals surface area contributed by atoms with Gasteiger partial charge in [-0.15, -0.1) is 0 Å². The molecule has 0 spiro atoms. The van der Waals surface area contributed by atoms with Gasteiger partial charge < -0.3 is 21.3 Å². The number of nitrogens with two attached hydrogens (primary N) is 1. The van der Waals surface area contributed by atoms with Gasteiger partial charge in [0.1, 0.15) is 6.04 Å². The Morgan fingerprint density at radius 2 is 1.88 bits per heavy atom. The van der Waals surface area contributed by atoms with Crippen LogP contribution in [0.2, 0.25) is 0 Å². The molecule has 0 saturated carbocycles. The molecule has 150 valence electrons. The van der Waals surface area contributed by atoms with Crippen molar-refractivity contribution in [2.24, 2.45) is 23.5 Å². The number of likely N-dealkylation sites (tertiary alicyclic amines) is 1. The second-order valence-electron chi connectivity index (χ2n) is 8.07. The van der Waals surface area contributed by atoms with Crippen LogP contribution in [-0.4, -0.2) is 54.8 Å². The van der Waals surface area contributed by atoms with Crippen molar-refractivity contribution >= 4 is 17.7 Å². The van der Waals surface area contributed by atoms with Crippen molar-refractivity contribution in [1.29, 1.82) is 0 Å². The van der Waals surface area contributed by atoms with Crippen molar-refractivity contribution in [2.45, 2.75) is 59.4 Å². The summed E-state index contributed by atoms with van der Waals surface area (Å²) in [7, 11) is 0. The summed E-state index contributed by atoms with van der Waals surface area (Å²) in [5.74, 6) is -0.200. The summed E-state index contributed by atoms with van der Waals surface area (Å²) in [4.78, 5) is 37.9. The lowest BCUT2D eigenvalue weighted by molar-refractivity contribution is -0.130. The van der Waals surface area contributed by atoms with E-state index in [-0.39, 0.29) is 35.5 Å². The molecule has 0 aromatic carbocycles. The standard InChI is InChI=1S/C19H36N4O3/c1-13(2)11-16(24)22-17(14(3)4)19(26)21-8-6-10-23-9-5-7-15(12-23)18(20)25/h13-15,17H,5-12H2,1-4H3,(H2,20,25)(H,21,26)(H,22,24). The quantitative estimate of drug-likeness (QED) is 0.498. The number of nitrogens with one attached hydrogen (secondary N) is 2. The molecule has 0 radical (unpaired) electrons. The van der Waals surface area contributed by atoms with Gasteiger partial charge in [-0.25, -0.2) is 0 Å². The maximum atomic E-state index is 12.4. The Morgan fingerprint density at radius 1 is 1.19 bits per heavy atom. The van der Waals surface area contributed by atoms with Crippen LogP contribution in [0, 0.1) is 17.8 Å². The minimum atomic E-state index is -0.504. The molecule has 0 bridgehead atoms. The highest BCUT2D eigenvalue weighted by Crippen LogP contribution is 2.15. The first-order valence-electron chi connectivity index (χ1n) is 9.79. The molecule has 1 aliphatic rings. The number of nitrogens with zero attached hydrogens (tertiary/aromatic N) is 1. The third kappa shape index (κ3) is 8.17. The molecule has 1 rings (SSSR count). The second-order valence-corrected chi connectivity index (χ2v) is 8.07. The fraction of sp³-hybridized carbons (Fsp3) is 0.842. The molecule has 2 atom stereocenters. The number of hydrogen-bond donors (Lipinski definition) is 3. The van der Waals surface area contributed by atoms with Crippen LogP contribution < -0.4 is 16.4 Å². The summed E-state index contributed by atoms with van der Waals surface area (Å²) < 4.78 is 0. The summed E-state index contributed by atoms with van der Waals surface area (Å²) in [6.45, 7) is 10.9. The highest BCUT2D eigenvalue weighted by Gasteiger charge is 2.25. The number of carbonyl (C=O) groups is 3. The van der Waals surface area contributed by atoms with E-state index in [0.29, 0.717) is 19.5 Å². The third-order valence-corrected chi connectivity index (χ3v) is 4.72. The molecule has 1 heterocycles. The highest BCUT2D eigenvalue weighted by atomic mass is 16.2. The fourth-order valence-electron chi connectivity index (χ4n) is 3.25. The predicted molar refractivity (Wildman–Crippen MR) is 102 cm³/mol. The monoisotopic (exact) mass is 368 g/mol. The number of primary amides is 1. The molecule has 7 heteroatoms. The van der Waals surface area contributed by atoms with Crippen LogP contribution in [0.3, 0.4) is 0 Å². The van der Waals surface area contributed by atoms with Gasteiger partial charge in [0.25, 0.3) is 0 Å². The van der Waals surface area contributed by atoms with Crippen molar-refractivity contribution in [3.63, 3.8) is 0 Å². The van der Waals surface area contributed by atoms with Crippen LogP contribution in [-0.2, 0) is 14.4 Å². The molecule has 2 unspecified atom stereocenters. The Bertz CT molecular complexity index is 479. The van der Waals surface area contributed by atoms with Gasteiger partial charge in [-0.2, -0.15) is 0 Å². The average Bonchev–Trinajstić information content (AvgIpc) is 2.55. The van der Waals surface area contributed by atoms with E-state index < -0.39 is 6.04 Å². The molecule has 3 amide bonds. The van der Waals surface area contributed by atoms with E-state index in [4.69, 9.17) is 5.73 Å². The van der Waals surface area contributed by atoms with Crippen LogP contribution in [0.5, 0.6) is 0 Å². The number of amides is 3. The normalized spacial score (nSPS) is 19.4. The zero-order chi connectivity index (χ0) is 19.7. The van der Waals surface area contributed by atoms with Crippen LogP contribution in [0.25, 0.3) is 0 Å². The third-order valence-electron chi connectivity index (χ3n) is 4.72. The first kappa shape index (κ1) is 22.4. The fourth-order valence-corrected chi connectivity index (χ4v) is 3.25. The molecule has 0 aromatic heterocycles. The topological polar surface area (TPSA) is 105 Å². The van der Waals surface area contributed by atoms with Gasteiger partial charge in [0.15, 0.2) is 0 Å². The first-order valence-corrected chi connectivity index (χ1v) is 9.79. The van der Waals surface area contributed by atoms with Crippen molar-refractivity contribution in [2.75, 3.05) is 26.2 Å². The lowest BCUT2D eigenvalue weighted by Gasteiger charge is -2.31. The zero-order valence-corrected chi connectivity index (χ0v) is 16.7. The van der Waals surface area contributed by atoms with Gasteiger partial charge in [-0.1, -0.05) is 27.7 Å². The van der Waals surface area contributed by atoms with E-state index in [1.54, 1.807) is 0 Å². The van der Waals surface area contributed by atoms with Crippen LogP contribution >= 0.6 is 0 Å². The minimum absolute atomic E-state index is 0.0320. The summed E-state index contributed by atoms with van der Waals surface area (Å²) >= 11 is 0. The van der Waals surface area contributed by atoms with E-state index in [0.717, 1.165) is 32.4 Å². The van der Waals surface area contributed by atoms with Crippen molar-refractivity contribution in [1.82, 2.24) is 15.5 Å². The van der Waals surface area contributed by atoms with E-state index in [9.17, 15) is 14.4 Å². The molecule has 1 saturated heterocycles. The maximum Gasteiger partial charge on any atom is 0.242 e. The number of rotatable bonds is 10. The lowest BCUT2D eigenvalue weighted by Crippen LogP contribution is -2.50. The van der Waals surface area contributed by atoms with E-state index in [1.165, 1.54) is 0 Å². The number of piperidine rings is 1. The van der Waals surface area contributed by atoms with Crippen molar-refractivity contribution < 1.29 is 14.4 Å². The average molecular weight is 369 g/mol. The van der Waals surface area contributed by atoms with Gasteiger partial charge in [0.2, 0.25) is 17.7 Å². The summed E-state index contributed by atoms with van der Waals surface area (Å²) in [5.41, 5.74) is 5.40. The number of carbonyl (C=O) groups excluding carboxylic acids is 3. The largest absolute Gasteiger partial charge is 0.369 e. The highest BCUT2D eigenvalue weighted by molar-refractivity contribution is 5.87. The van der Waals surface area contributed by atoms with Gasteiger partial charge >= 0.3 is 0 Å². The minimum Gasteiger partial charge on any atom is -0.369 e. The van der Waals surface area contributed by atoms with Crippen LogP contribution in [0.1, 0.15) is 53.4 Å². The SMILES string of the molecule is CC(C)CC(=O)NC(C(=O)NCCCN1CCCC(C(N)=O)C1)C(C)C. The molecule has 26 heavy (non-hydrogen) atoms. The Hall–Kier alpha value is -1.63. The number of hydrogen-bond acceptors (Lipinski definition) is 4. The van der Waals surface area contributed by atoms with E-state index in [1.807, 2.05) is 27.7 Å². The molecular formula is C19H36N4O3. The van der Waals surface area contributed by atoms with Gasteiger partial charge in [-0.05, 0) is 44.2 Å². The second kappa shape index (κ2) is 11.2. The van der Waals surface area contributed by atoms with Crippen molar-refractivity contribution in [3.8, 4) is 0 Å². The molecular weight excluding hydrogens is 332 g/mol. The summed E-state index contributed by atoms with van der Waals surface area (Å²) in [6, 6.07) is -0.504. The summed E-state index contributed by atoms with van der Waals surface area (Å²) in [5, 5.41) is 5.77. The Balaban J connectivity index is 2.34. The van der Waals surface area contributed by atoms with Crippen LogP contribution in [0.4, 0.5) is 0 Å². The van der Waals surface area contributed by atoms with E-state index >= 15 is 0 Å². The molecule has 1 fully saturated rings.